The Morgan fingerprint density at radius 1 is 1.00 bits per heavy atom. The largest absolute Gasteiger partial charge is 0.497 e. The lowest BCUT2D eigenvalue weighted by Gasteiger charge is -2.11. The van der Waals surface area contributed by atoms with Crippen molar-refractivity contribution in [2.75, 3.05) is 30.6 Å². The molecule has 0 spiro atoms. The molecule has 1 heterocycles. The zero-order valence-corrected chi connectivity index (χ0v) is 21.1. The molecule has 7 nitrogen and oxygen atoms in total. The van der Waals surface area contributed by atoms with Gasteiger partial charge in [0.05, 0.1) is 25.5 Å². The Kier molecular flexibility index (Phi) is 8.09. The van der Waals surface area contributed by atoms with Gasteiger partial charge in [-0.2, -0.15) is 0 Å². The first-order valence-electron chi connectivity index (χ1n) is 11.2. The highest BCUT2D eigenvalue weighted by molar-refractivity contribution is 8.00. The average Bonchev–Trinajstić information content (AvgIpc) is 3.25. The Bertz CT molecular complexity index is 1250. The van der Waals surface area contributed by atoms with Crippen LogP contribution in [0.15, 0.2) is 53.4 Å². The van der Waals surface area contributed by atoms with Crippen LogP contribution in [-0.2, 0) is 22.4 Å². The number of anilines is 2. The summed E-state index contributed by atoms with van der Waals surface area (Å²) in [5, 5.41) is 6.35. The van der Waals surface area contributed by atoms with Crippen molar-refractivity contribution in [3.63, 3.8) is 0 Å². The number of carbonyl (C=O) groups excluding carboxylic acids is 3. The van der Waals surface area contributed by atoms with Gasteiger partial charge in [-0.3, -0.25) is 9.59 Å². The Morgan fingerprint density at radius 2 is 1.80 bits per heavy atom. The van der Waals surface area contributed by atoms with Crippen LogP contribution in [0.2, 0.25) is 0 Å². The van der Waals surface area contributed by atoms with Crippen LogP contribution in [0.4, 0.5) is 10.7 Å². The lowest BCUT2D eigenvalue weighted by Crippen LogP contribution is -2.16. The number of benzene rings is 2. The summed E-state index contributed by atoms with van der Waals surface area (Å²) in [6, 6.07) is 14.2. The summed E-state index contributed by atoms with van der Waals surface area (Å²) in [5.41, 5.74) is 2.62. The Morgan fingerprint density at radius 3 is 2.60 bits per heavy atom. The number of nitrogens with one attached hydrogen (secondary N) is 2. The maximum atomic E-state index is 12.7. The molecule has 3 aromatic rings. The van der Waals surface area contributed by atoms with Crippen LogP contribution in [0.1, 0.15) is 44.0 Å². The van der Waals surface area contributed by atoms with Crippen LogP contribution in [0.25, 0.3) is 0 Å². The fourth-order valence-electron chi connectivity index (χ4n) is 3.91. The molecule has 4 rings (SSSR count). The summed E-state index contributed by atoms with van der Waals surface area (Å²) in [4.78, 5) is 39.7. The van der Waals surface area contributed by atoms with E-state index >= 15 is 0 Å². The van der Waals surface area contributed by atoms with Gasteiger partial charge in [0.15, 0.2) is 0 Å². The zero-order chi connectivity index (χ0) is 24.8. The number of hydrogen-bond donors (Lipinski definition) is 2. The summed E-state index contributed by atoms with van der Waals surface area (Å²) in [6.45, 7) is 0. The van der Waals surface area contributed by atoms with Gasteiger partial charge in [-0.25, -0.2) is 4.79 Å². The van der Waals surface area contributed by atoms with E-state index in [1.807, 2.05) is 18.2 Å². The molecule has 0 fully saturated rings. The maximum Gasteiger partial charge on any atom is 0.341 e. The molecule has 2 aromatic carbocycles. The number of amides is 2. The van der Waals surface area contributed by atoms with E-state index in [1.54, 1.807) is 37.4 Å². The van der Waals surface area contributed by atoms with E-state index in [0.717, 1.165) is 41.0 Å². The Balaban J connectivity index is 1.38. The number of aryl methyl sites for hydroxylation is 1. The fourth-order valence-corrected chi connectivity index (χ4v) is 5.96. The first-order chi connectivity index (χ1) is 17.0. The monoisotopic (exact) mass is 510 g/mol. The normalized spacial score (nSPS) is 12.4. The van der Waals surface area contributed by atoms with Crippen molar-refractivity contribution in [2.45, 2.75) is 30.6 Å². The van der Waals surface area contributed by atoms with E-state index in [4.69, 9.17) is 9.47 Å². The van der Waals surface area contributed by atoms with Gasteiger partial charge in [-0.15, -0.1) is 23.1 Å². The minimum Gasteiger partial charge on any atom is -0.497 e. The van der Waals surface area contributed by atoms with E-state index in [1.165, 1.54) is 30.2 Å². The van der Waals surface area contributed by atoms with Gasteiger partial charge in [0, 0.05) is 21.0 Å². The molecule has 0 atom stereocenters. The SMILES string of the molecule is COC(=O)c1c(NC(=O)CSc2cccc(NC(=O)c3cccc(OC)c3)c2)sc2c1CCCC2. The van der Waals surface area contributed by atoms with E-state index in [2.05, 4.69) is 10.6 Å². The van der Waals surface area contributed by atoms with Crippen molar-refractivity contribution in [1.82, 2.24) is 0 Å². The molecule has 0 saturated heterocycles. The third-order valence-corrected chi connectivity index (χ3v) is 7.81. The molecule has 1 aromatic heterocycles. The summed E-state index contributed by atoms with van der Waals surface area (Å²) in [5.74, 6) is -0.0941. The molecule has 0 unspecified atom stereocenters. The number of ether oxygens (including phenoxy) is 2. The molecule has 0 aliphatic heterocycles. The molecule has 0 bridgehead atoms. The molecule has 2 amide bonds. The third kappa shape index (κ3) is 6.04. The van der Waals surface area contributed by atoms with Crippen molar-refractivity contribution in [1.29, 1.82) is 0 Å². The second-order valence-corrected chi connectivity index (χ2v) is 10.1. The van der Waals surface area contributed by atoms with Crippen LogP contribution in [0.3, 0.4) is 0 Å². The molecule has 0 saturated carbocycles. The maximum absolute atomic E-state index is 12.7. The Hall–Kier alpha value is -3.30. The molecule has 0 radical (unpaired) electrons. The predicted molar refractivity (Wildman–Crippen MR) is 139 cm³/mol. The Labute approximate surface area is 212 Å². The van der Waals surface area contributed by atoms with Crippen LogP contribution in [-0.4, -0.2) is 37.8 Å². The van der Waals surface area contributed by atoms with E-state index in [-0.39, 0.29) is 17.6 Å². The first kappa shape index (κ1) is 24.8. The van der Waals surface area contributed by atoms with Gasteiger partial charge in [-0.1, -0.05) is 12.1 Å². The standard InChI is InChI=1S/C26H26N2O5S2/c1-32-18-9-5-7-16(13-18)24(30)27-17-8-6-10-19(14-17)34-15-22(29)28-25-23(26(31)33-2)20-11-3-4-12-21(20)35-25/h5-10,13-14H,3-4,11-12,15H2,1-2H3,(H,27,30)(H,28,29). The van der Waals surface area contributed by atoms with Gasteiger partial charge in [-0.05, 0) is 67.6 Å². The highest BCUT2D eigenvalue weighted by Gasteiger charge is 2.26. The highest BCUT2D eigenvalue weighted by atomic mass is 32.2. The zero-order valence-electron chi connectivity index (χ0n) is 19.5. The molecule has 1 aliphatic rings. The number of hydrogen-bond acceptors (Lipinski definition) is 7. The molecule has 2 N–H and O–H groups in total. The van der Waals surface area contributed by atoms with E-state index in [0.29, 0.717) is 27.6 Å². The van der Waals surface area contributed by atoms with Gasteiger partial charge in [0.1, 0.15) is 10.8 Å². The fraction of sp³-hybridized carbons (Fsp3) is 0.269. The average molecular weight is 511 g/mol. The molecule has 9 heteroatoms. The number of carbonyl (C=O) groups is 3. The van der Waals surface area contributed by atoms with Gasteiger partial charge in [0.2, 0.25) is 5.91 Å². The van der Waals surface area contributed by atoms with Crippen LogP contribution < -0.4 is 15.4 Å². The number of fused-ring (bicyclic) bond motifs is 1. The molecule has 35 heavy (non-hydrogen) atoms. The van der Waals surface area contributed by atoms with Crippen molar-refractivity contribution in [2.24, 2.45) is 0 Å². The third-order valence-electron chi connectivity index (χ3n) is 5.61. The van der Waals surface area contributed by atoms with Crippen LogP contribution in [0, 0.1) is 0 Å². The van der Waals surface area contributed by atoms with Gasteiger partial charge in [0.25, 0.3) is 5.91 Å². The highest BCUT2D eigenvalue weighted by Crippen LogP contribution is 2.38. The summed E-state index contributed by atoms with van der Waals surface area (Å²) < 4.78 is 10.1. The summed E-state index contributed by atoms with van der Waals surface area (Å²) in [7, 11) is 2.91. The van der Waals surface area contributed by atoms with Crippen LogP contribution in [0.5, 0.6) is 5.75 Å². The minimum absolute atomic E-state index is 0.163. The second-order valence-electron chi connectivity index (χ2n) is 7.96. The molecule has 182 valence electrons. The smallest absolute Gasteiger partial charge is 0.341 e. The van der Waals surface area contributed by atoms with Crippen molar-refractivity contribution < 1.29 is 23.9 Å². The lowest BCUT2D eigenvalue weighted by molar-refractivity contribution is -0.113. The quantitative estimate of drug-likeness (QED) is 0.311. The number of rotatable bonds is 8. The van der Waals surface area contributed by atoms with E-state index < -0.39 is 5.97 Å². The first-order valence-corrected chi connectivity index (χ1v) is 13.0. The lowest BCUT2D eigenvalue weighted by atomic mass is 9.95. The number of thiophene rings is 1. The number of methoxy groups -OCH3 is 2. The summed E-state index contributed by atoms with van der Waals surface area (Å²) in [6.07, 6.45) is 3.86. The number of esters is 1. The second kappa shape index (κ2) is 11.4. The van der Waals surface area contributed by atoms with Crippen molar-refractivity contribution in [3.05, 3.63) is 70.1 Å². The van der Waals surface area contributed by atoms with Gasteiger partial charge < -0.3 is 20.1 Å². The topological polar surface area (TPSA) is 93.7 Å². The molecule has 1 aliphatic carbocycles. The summed E-state index contributed by atoms with van der Waals surface area (Å²) >= 11 is 2.82. The van der Waals surface area contributed by atoms with Gasteiger partial charge >= 0.3 is 5.97 Å². The van der Waals surface area contributed by atoms with Crippen molar-refractivity contribution >= 4 is 51.6 Å². The minimum atomic E-state index is -0.410. The van der Waals surface area contributed by atoms with Crippen LogP contribution >= 0.6 is 23.1 Å². The molecular weight excluding hydrogens is 484 g/mol. The number of thioether (sulfide) groups is 1. The van der Waals surface area contributed by atoms with E-state index in [9.17, 15) is 14.4 Å². The van der Waals surface area contributed by atoms with Crippen molar-refractivity contribution in [3.8, 4) is 5.75 Å². The predicted octanol–water partition coefficient (Wildman–Crippen LogP) is 5.41. The molecular formula is C26H26N2O5S2.